The molecule has 0 atom stereocenters. The summed E-state index contributed by atoms with van der Waals surface area (Å²) in [4.78, 5) is 23.7. The first-order chi connectivity index (χ1) is 15.9. The molecule has 3 aromatic rings. The number of rotatable bonds is 6. The zero-order valence-electron chi connectivity index (χ0n) is 18.7. The topological polar surface area (TPSA) is 82.2 Å². The fourth-order valence-corrected chi connectivity index (χ4v) is 4.61. The first kappa shape index (κ1) is 23.4. The second-order valence-corrected chi connectivity index (χ2v) is 9.45. The molecule has 0 unspecified atom stereocenters. The van der Waals surface area contributed by atoms with Crippen molar-refractivity contribution in [1.82, 2.24) is 15.3 Å². The zero-order chi connectivity index (χ0) is 23.4. The van der Waals surface area contributed by atoms with E-state index in [0.29, 0.717) is 40.2 Å². The summed E-state index contributed by atoms with van der Waals surface area (Å²) >= 11 is 12.0. The minimum atomic E-state index is -0.264. The molecule has 1 aromatic heterocycles. The average molecular weight is 487 g/mol. The molecule has 0 bridgehead atoms. The highest BCUT2D eigenvalue weighted by atomic mass is 35.5. The van der Waals surface area contributed by atoms with Gasteiger partial charge >= 0.3 is 6.03 Å². The van der Waals surface area contributed by atoms with Crippen molar-refractivity contribution in [2.24, 2.45) is 5.92 Å². The molecular formula is C24H28Cl2N6O. The summed E-state index contributed by atoms with van der Waals surface area (Å²) in [5.41, 5.74) is 1.47. The van der Waals surface area contributed by atoms with E-state index in [1.54, 1.807) is 18.2 Å². The number of halogens is 2. The van der Waals surface area contributed by atoms with Gasteiger partial charge in [0.15, 0.2) is 0 Å². The van der Waals surface area contributed by atoms with Crippen molar-refractivity contribution in [3.63, 3.8) is 0 Å². The highest BCUT2D eigenvalue weighted by molar-refractivity contribution is 6.36. The Morgan fingerprint density at radius 2 is 1.82 bits per heavy atom. The third-order valence-electron chi connectivity index (χ3n) is 5.92. The van der Waals surface area contributed by atoms with E-state index in [1.807, 2.05) is 43.3 Å². The van der Waals surface area contributed by atoms with Gasteiger partial charge in [-0.3, -0.25) is 0 Å². The number of nitrogens with zero attached hydrogens (tertiary/aromatic N) is 3. The number of hydrogen-bond acceptors (Lipinski definition) is 5. The third kappa shape index (κ3) is 5.97. The highest BCUT2D eigenvalue weighted by Crippen LogP contribution is 2.29. The number of para-hydroxylation sites is 1. The Labute approximate surface area is 203 Å². The fourth-order valence-electron chi connectivity index (χ4n) is 4.15. The Hall–Kier alpha value is -2.77. The normalized spacial score (nSPS) is 18.1. The number of carbonyl (C=O) groups is 1. The van der Waals surface area contributed by atoms with E-state index in [1.165, 1.54) is 0 Å². The van der Waals surface area contributed by atoms with E-state index >= 15 is 0 Å². The Morgan fingerprint density at radius 1 is 1.06 bits per heavy atom. The van der Waals surface area contributed by atoms with Gasteiger partial charge in [-0.1, -0.05) is 35.3 Å². The van der Waals surface area contributed by atoms with E-state index in [-0.39, 0.29) is 6.03 Å². The van der Waals surface area contributed by atoms with Crippen LogP contribution in [0.5, 0.6) is 0 Å². The van der Waals surface area contributed by atoms with Crippen molar-refractivity contribution >= 4 is 57.6 Å². The summed E-state index contributed by atoms with van der Waals surface area (Å²) in [6.45, 7) is 0.626. The third-order valence-corrected chi connectivity index (χ3v) is 6.47. The van der Waals surface area contributed by atoms with Crippen molar-refractivity contribution in [3.8, 4) is 0 Å². The van der Waals surface area contributed by atoms with Gasteiger partial charge in [0.1, 0.15) is 5.82 Å². The molecule has 4 rings (SSSR count). The maximum absolute atomic E-state index is 12.2. The lowest BCUT2D eigenvalue weighted by atomic mass is 9.86. The lowest BCUT2D eigenvalue weighted by Gasteiger charge is -2.29. The maximum Gasteiger partial charge on any atom is 0.319 e. The molecule has 1 saturated carbocycles. The quantitative estimate of drug-likeness (QED) is 0.410. The van der Waals surface area contributed by atoms with Crippen molar-refractivity contribution < 1.29 is 4.79 Å². The Kier molecular flexibility index (Phi) is 7.40. The van der Waals surface area contributed by atoms with Crippen LogP contribution in [-0.4, -0.2) is 42.7 Å². The van der Waals surface area contributed by atoms with Crippen molar-refractivity contribution in [2.75, 3.05) is 36.2 Å². The van der Waals surface area contributed by atoms with Gasteiger partial charge < -0.3 is 20.9 Å². The van der Waals surface area contributed by atoms with Crippen LogP contribution in [-0.2, 0) is 0 Å². The van der Waals surface area contributed by atoms with Crippen LogP contribution in [0.3, 0.4) is 0 Å². The van der Waals surface area contributed by atoms with Crippen LogP contribution in [0.15, 0.2) is 42.5 Å². The molecule has 0 aliphatic heterocycles. The Bertz CT molecular complexity index is 1130. The molecule has 7 nitrogen and oxygen atoms in total. The molecule has 1 aliphatic carbocycles. The summed E-state index contributed by atoms with van der Waals surface area (Å²) in [6, 6.07) is 13.1. The van der Waals surface area contributed by atoms with E-state index in [9.17, 15) is 4.79 Å². The van der Waals surface area contributed by atoms with Crippen molar-refractivity contribution in [2.45, 2.75) is 31.7 Å². The summed E-state index contributed by atoms with van der Waals surface area (Å²) in [6.07, 6.45) is 4.05. The van der Waals surface area contributed by atoms with Gasteiger partial charge in [0.2, 0.25) is 5.95 Å². The number of benzene rings is 2. The van der Waals surface area contributed by atoms with Crippen LogP contribution in [0, 0.1) is 5.92 Å². The number of aromatic nitrogens is 2. The molecule has 2 aromatic carbocycles. The lowest BCUT2D eigenvalue weighted by molar-refractivity contribution is 0.246. The molecule has 9 heteroatoms. The molecule has 174 valence electrons. The Morgan fingerprint density at radius 3 is 2.55 bits per heavy atom. The van der Waals surface area contributed by atoms with Gasteiger partial charge in [-0.05, 0) is 61.9 Å². The van der Waals surface area contributed by atoms with Gasteiger partial charge in [-0.15, -0.1) is 0 Å². The minimum Gasteiger partial charge on any atom is -0.362 e. The number of amides is 2. The molecule has 2 amide bonds. The predicted octanol–water partition coefficient (Wildman–Crippen LogP) is 5.80. The number of fused-ring (bicyclic) bond motifs is 1. The Balaban J connectivity index is 1.27. The summed E-state index contributed by atoms with van der Waals surface area (Å²) in [5, 5.41) is 11.2. The number of nitrogens with one attached hydrogen (secondary N) is 3. The average Bonchev–Trinajstić information content (AvgIpc) is 2.80. The standard InChI is InChI=1S/C24H28Cl2N6O/c1-32(2)22-18-5-3-4-6-20(18)29-23(31-22)28-17-10-7-15(8-11-17)14-27-24(33)30-21-12-9-16(25)13-19(21)26/h3-6,9,12-13,15,17H,7-8,10-11,14H2,1-2H3,(H2,27,30,33)(H,28,29,31)/t15-,17+. The first-order valence-corrected chi connectivity index (χ1v) is 11.8. The molecule has 0 spiro atoms. The largest absolute Gasteiger partial charge is 0.362 e. The van der Waals surface area contributed by atoms with Gasteiger partial charge in [0.05, 0.1) is 16.2 Å². The molecule has 3 N–H and O–H groups in total. The van der Waals surface area contributed by atoms with Crippen molar-refractivity contribution in [1.29, 1.82) is 0 Å². The van der Waals surface area contributed by atoms with Crippen LogP contribution < -0.4 is 20.9 Å². The molecule has 33 heavy (non-hydrogen) atoms. The minimum absolute atomic E-state index is 0.264. The maximum atomic E-state index is 12.2. The number of hydrogen-bond donors (Lipinski definition) is 3. The number of urea groups is 1. The van der Waals surface area contributed by atoms with Crippen LogP contribution >= 0.6 is 23.2 Å². The van der Waals surface area contributed by atoms with Gasteiger partial charge in [0, 0.05) is 37.1 Å². The second kappa shape index (κ2) is 10.4. The lowest BCUT2D eigenvalue weighted by Crippen LogP contribution is -2.36. The molecular weight excluding hydrogens is 459 g/mol. The smallest absolute Gasteiger partial charge is 0.319 e. The second-order valence-electron chi connectivity index (χ2n) is 8.60. The van der Waals surface area contributed by atoms with E-state index in [4.69, 9.17) is 33.2 Å². The summed E-state index contributed by atoms with van der Waals surface area (Å²) in [5.74, 6) is 2.01. The molecule has 1 fully saturated rings. The van der Waals surface area contributed by atoms with E-state index in [0.717, 1.165) is 42.4 Å². The number of carbonyl (C=O) groups excluding carboxylic acids is 1. The highest BCUT2D eigenvalue weighted by Gasteiger charge is 2.23. The summed E-state index contributed by atoms with van der Waals surface area (Å²) in [7, 11) is 3.99. The molecule has 1 heterocycles. The van der Waals surface area contributed by atoms with Crippen LogP contribution in [0.1, 0.15) is 25.7 Å². The predicted molar refractivity (Wildman–Crippen MR) is 137 cm³/mol. The monoisotopic (exact) mass is 486 g/mol. The van der Waals surface area contributed by atoms with Gasteiger partial charge in [-0.25, -0.2) is 9.78 Å². The van der Waals surface area contributed by atoms with E-state index in [2.05, 4.69) is 16.0 Å². The van der Waals surface area contributed by atoms with Gasteiger partial charge in [0.25, 0.3) is 0 Å². The van der Waals surface area contributed by atoms with Crippen LogP contribution in [0.2, 0.25) is 10.0 Å². The van der Waals surface area contributed by atoms with Gasteiger partial charge in [-0.2, -0.15) is 4.98 Å². The van der Waals surface area contributed by atoms with Crippen LogP contribution in [0.25, 0.3) is 10.9 Å². The number of anilines is 3. The fraction of sp³-hybridized carbons (Fsp3) is 0.375. The molecule has 0 radical (unpaired) electrons. The zero-order valence-corrected chi connectivity index (χ0v) is 20.2. The summed E-state index contributed by atoms with van der Waals surface area (Å²) < 4.78 is 0. The first-order valence-electron chi connectivity index (χ1n) is 11.1. The van der Waals surface area contributed by atoms with E-state index < -0.39 is 0 Å². The molecule has 0 saturated heterocycles. The van der Waals surface area contributed by atoms with Crippen molar-refractivity contribution in [3.05, 3.63) is 52.5 Å². The SMILES string of the molecule is CN(C)c1nc(N[C@H]2CC[C@@H](CNC(=O)Nc3ccc(Cl)cc3Cl)CC2)nc2ccccc12. The van der Waals surface area contributed by atoms with Crippen LogP contribution in [0.4, 0.5) is 22.2 Å². The molecule has 1 aliphatic rings.